The fourth-order valence-electron chi connectivity index (χ4n) is 2.32. The largest absolute Gasteiger partial charge is 0.328 e. The van der Waals surface area contributed by atoms with Gasteiger partial charge in [0.25, 0.3) is 0 Å². The van der Waals surface area contributed by atoms with E-state index in [2.05, 4.69) is 28.5 Å². The first-order valence-electron chi connectivity index (χ1n) is 6.43. The Bertz CT molecular complexity index is 667. The zero-order valence-electron chi connectivity index (χ0n) is 11.8. The average molecular weight is 300 g/mol. The topological polar surface area (TPSA) is 55.6 Å². The number of hydrogen-bond donors (Lipinski definition) is 1. The van der Waals surface area contributed by atoms with E-state index >= 15 is 0 Å². The van der Waals surface area contributed by atoms with Crippen molar-refractivity contribution in [3.8, 4) is 0 Å². The van der Waals surface area contributed by atoms with Crippen LogP contribution in [0.4, 0.5) is 0 Å². The number of nitrogens with one attached hydrogen (secondary N) is 1. The van der Waals surface area contributed by atoms with E-state index in [1.807, 2.05) is 11.6 Å². The van der Waals surface area contributed by atoms with E-state index < -0.39 is 10.8 Å². The molecule has 7 heteroatoms. The van der Waals surface area contributed by atoms with Crippen LogP contribution < -0.4 is 0 Å². The summed E-state index contributed by atoms with van der Waals surface area (Å²) in [4.78, 5) is 3.24. The first-order valence-corrected chi connectivity index (χ1v) is 8.56. The number of imidazole rings is 1. The molecule has 19 heavy (non-hydrogen) atoms. The SMILES string of the molecule is CCn1nc(C)c2[nH]c(=S)n(C(C)CCS(C)=O)c21. The highest BCUT2D eigenvalue weighted by atomic mass is 32.2. The smallest absolute Gasteiger partial charge is 0.179 e. The summed E-state index contributed by atoms with van der Waals surface area (Å²) in [7, 11) is -0.770. The second-order valence-corrected chi connectivity index (χ2v) is 6.76. The molecule has 0 aliphatic heterocycles. The molecule has 0 radical (unpaired) electrons. The molecule has 2 aromatic heterocycles. The van der Waals surface area contributed by atoms with Crippen molar-refractivity contribution in [2.75, 3.05) is 12.0 Å². The standard InChI is InChI=1S/C12H20N4OS2/c1-5-15-11-10(9(3)14-15)13-12(18)16(11)8(2)6-7-19(4)17/h8H,5-7H2,1-4H3,(H,13,18). The minimum Gasteiger partial charge on any atom is -0.328 e. The second kappa shape index (κ2) is 5.58. The molecule has 0 saturated heterocycles. The van der Waals surface area contributed by atoms with Crippen molar-refractivity contribution in [1.29, 1.82) is 0 Å². The third-order valence-electron chi connectivity index (χ3n) is 3.34. The Hall–Kier alpha value is -0.950. The maximum absolute atomic E-state index is 11.2. The molecule has 0 aliphatic carbocycles. The molecule has 0 bridgehead atoms. The number of hydrogen-bond acceptors (Lipinski definition) is 3. The normalized spacial score (nSPS) is 14.9. The van der Waals surface area contributed by atoms with E-state index in [1.54, 1.807) is 6.26 Å². The zero-order chi connectivity index (χ0) is 14.2. The van der Waals surface area contributed by atoms with Crippen LogP contribution in [0.2, 0.25) is 0 Å². The molecule has 2 heterocycles. The average Bonchev–Trinajstić information content (AvgIpc) is 2.83. The van der Waals surface area contributed by atoms with Crippen molar-refractivity contribution in [1.82, 2.24) is 19.3 Å². The molecule has 0 fully saturated rings. The third kappa shape index (κ3) is 2.67. The van der Waals surface area contributed by atoms with Crippen molar-refractivity contribution < 1.29 is 4.21 Å². The lowest BCUT2D eigenvalue weighted by Gasteiger charge is -2.14. The summed E-state index contributed by atoms with van der Waals surface area (Å²) in [6.45, 7) is 6.97. The van der Waals surface area contributed by atoms with E-state index in [4.69, 9.17) is 12.2 Å². The molecule has 2 rings (SSSR count). The van der Waals surface area contributed by atoms with E-state index in [0.717, 1.165) is 29.8 Å². The van der Waals surface area contributed by atoms with Crippen LogP contribution >= 0.6 is 12.2 Å². The van der Waals surface area contributed by atoms with Gasteiger partial charge in [0.1, 0.15) is 5.52 Å². The summed E-state index contributed by atoms with van der Waals surface area (Å²) in [5.41, 5.74) is 3.02. The van der Waals surface area contributed by atoms with Crippen LogP contribution in [0.15, 0.2) is 0 Å². The van der Waals surface area contributed by atoms with Crippen molar-refractivity contribution >= 4 is 34.2 Å². The summed E-state index contributed by atoms with van der Waals surface area (Å²) < 4.78 is 16.0. The van der Waals surface area contributed by atoms with E-state index in [9.17, 15) is 4.21 Å². The van der Waals surface area contributed by atoms with Crippen LogP contribution in [0.25, 0.3) is 11.2 Å². The summed E-state index contributed by atoms with van der Waals surface area (Å²) in [6.07, 6.45) is 2.58. The summed E-state index contributed by atoms with van der Waals surface area (Å²) in [5.74, 6) is 0.689. The highest BCUT2D eigenvalue weighted by molar-refractivity contribution is 7.84. The number of nitrogens with zero attached hydrogens (tertiary/aromatic N) is 3. The Labute approximate surface area is 120 Å². The quantitative estimate of drug-likeness (QED) is 0.863. The van der Waals surface area contributed by atoms with Gasteiger partial charge in [-0.2, -0.15) is 5.10 Å². The number of fused-ring (bicyclic) bond motifs is 1. The van der Waals surface area contributed by atoms with Gasteiger partial charge in [-0.05, 0) is 39.4 Å². The Morgan fingerprint density at radius 2 is 2.21 bits per heavy atom. The van der Waals surface area contributed by atoms with Gasteiger partial charge >= 0.3 is 0 Å². The predicted molar refractivity (Wildman–Crippen MR) is 81.6 cm³/mol. The lowest BCUT2D eigenvalue weighted by molar-refractivity contribution is 0.520. The van der Waals surface area contributed by atoms with Gasteiger partial charge in [0, 0.05) is 35.4 Å². The van der Waals surface area contributed by atoms with Gasteiger partial charge in [0.05, 0.1) is 5.69 Å². The van der Waals surface area contributed by atoms with Crippen LogP contribution in [-0.2, 0) is 17.3 Å². The monoisotopic (exact) mass is 300 g/mol. The van der Waals surface area contributed by atoms with Gasteiger partial charge in [-0.1, -0.05) is 0 Å². The van der Waals surface area contributed by atoms with Crippen LogP contribution in [0.1, 0.15) is 32.0 Å². The van der Waals surface area contributed by atoms with Crippen LogP contribution in [-0.4, -0.2) is 35.5 Å². The highest BCUT2D eigenvalue weighted by Gasteiger charge is 2.17. The molecule has 2 aromatic rings. The molecule has 5 nitrogen and oxygen atoms in total. The molecule has 0 aliphatic rings. The van der Waals surface area contributed by atoms with Crippen LogP contribution in [0.5, 0.6) is 0 Å². The molecule has 1 N–H and O–H groups in total. The molecular formula is C12H20N4OS2. The second-order valence-electron chi connectivity index (χ2n) is 4.81. The number of H-pyrrole nitrogens is 1. The van der Waals surface area contributed by atoms with E-state index in [-0.39, 0.29) is 6.04 Å². The van der Waals surface area contributed by atoms with Gasteiger partial charge in [0.15, 0.2) is 10.4 Å². The van der Waals surface area contributed by atoms with Gasteiger partial charge in [0.2, 0.25) is 0 Å². The number of rotatable bonds is 5. The Balaban J connectivity index is 2.49. The molecule has 2 unspecified atom stereocenters. The minimum atomic E-state index is -0.770. The molecule has 0 saturated carbocycles. The maximum Gasteiger partial charge on any atom is 0.179 e. The fourth-order valence-corrected chi connectivity index (χ4v) is 3.36. The van der Waals surface area contributed by atoms with Crippen molar-refractivity contribution in [3.05, 3.63) is 10.5 Å². The maximum atomic E-state index is 11.2. The Kier molecular flexibility index (Phi) is 4.25. The molecule has 0 spiro atoms. The van der Waals surface area contributed by atoms with Crippen molar-refractivity contribution in [3.63, 3.8) is 0 Å². The van der Waals surface area contributed by atoms with Gasteiger partial charge in [-0.25, -0.2) is 4.68 Å². The van der Waals surface area contributed by atoms with E-state index in [1.165, 1.54) is 0 Å². The Morgan fingerprint density at radius 1 is 1.53 bits per heavy atom. The van der Waals surface area contributed by atoms with Crippen LogP contribution in [0.3, 0.4) is 0 Å². The van der Waals surface area contributed by atoms with Gasteiger partial charge in [-0.15, -0.1) is 0 Å². The lowest BCUT2D eigenvalue weighted by atomic mass is 10.2. The summed E-state index contributed by atoms with van der Waals surface area (Å²) >= 11 is 5.42. The summed E-state index contributed by atoms with van der Waals surface area (Å²) in [5, 5.41) is 4.51. The van der Waals surface area contributed by atoms with E-state index in [0.29, 0.717) is 10.5 Å². The fraction of sp³-hybridized carbons (Fsp3) is 0.667. The molecule has 0 aromatic carbocycles. The number of aryl methyl sites for hydroxylation is 2. The van der Waals surface area contributed by atoms with Crippen LogP contribution in [0, 0.1) is 11.7 Å². The van der Waals surface area contributed by atoms with Gasteiger partial charge < -0.3 is 4.98 Å². The zero-order valence-corrected chi connectivity index (χ0v) is 13.4. The van der Waals surface area contributed by atoms with Crippen molar-refractivity contribution in [2.24, 2.45) is 0 Å². The molecule has 106 valence electrons. The molecule has 0 amide bonds. The summed E-state index contributed by atoms with van der Waals surface area (Å²) in [6, 6.07) is 0.214. The molecular weight excluding hydrogens is 280 g/mol. The highest BCUT2D eigenvalue weighted by Crippen LogP contribution is 2.23. The predicted octanol–water partition coefficient (Wildman–Crippen LogP) is 2.55. The first kappa shape index (κ1) is 14.5. The first-order chi connectivity index (χ1) is 8.95. The lowest BCUT2D eigenvalue weighted by Crippen LogP contribution is -2.12. The molecule has 2 atom stereocenters. The number of aromatic amines is 1. The Morgan fingerprint density at radius 3 is 2.79 bits per heavy atom. The minimum absolute atomic E-state index is 0.214. The van der Waals surface area contributed by atoms with Gasteiger partial charge in [-0.3, -0.25) is 8.78 Å². The third-order valence-corrected chi connectivity index (χ3v) is 4.45. The van der Waals surface area contributed by atoms with Crippen molar-refractivity contribution in [2.45, 2.75) is 39.8 Å². The number of aromatic nitrogens is 4.